The number of nitrogens with one attached hydrogen (secondary N) is 1. The van der Waals surface area contributed by atoms with E-state index in [0.717, 1.165) is 25.0 Å². The van der Waals surface area contributed by atoms with Gasteiger partial charge in [0.25, 0.3) is 17.4 Å². The van der Waals surface area contributed by atoms with Gasteiger partial charge in [-0.2, -0.15) is 0 Å². The van der Waals surface area contributed by atoms with E-state index >= 15 is 0 Å². The molecule has 11 heteroatoms. The highest BCUT2D eigenvalue weighted by Crippen LogP contribution is 2.39. The van der Waals surface area contributed by atoms with E-state index < -0.39 is 0 Å². The lowest BCUT2D eigenvalue weighted by molar-refractivity contribution is 0.0926. The molecule has 4 aromatic heterocycles. The quantitative estimate of drug-likeness (QED) is 0.249. The molecule has 7 rings (SSSR count). The van der Waals surface area contributed by atoms with E-state index in [0.29, 0.717) is 43.7 Å². The second kappa shape index (κ2) is 8.48. The molecule has 38 heavy (non-hydrogen) atoms. The number of thiophene rings is 1. The van der Waals surface area contributed by atoms with Crippen LogP contribution in [0.3, 0.4) is 0 Å². The third-order valence-electron chi connectivity index (χ3n) is 6.45. The fourth-order valence-corrected chi connectivity index (χ4v) is 7.48. The van der Waals surface area contributed by atoms with Crippen molar-refractivity contribution >= 4 is 72.4 Å². The predicted molar refractivity (Wildman–Crippen MR) is 149 cm³/mol. The lowest BCUT2D eigenvalue weighted by Gasteiger charge is -2.13. The first-order valence-electron chi connectivity index (χ1n) is 11.5. The average molecular weight is 557 g/mol. The lowest BCUT2D eigenvalue weighted by Crippen LogP contribution is -2.29. The molecule has 6 aromatic rings. The van der Waals surface area contributed by atoms with Gasteiger partial charge in [0.1, 0.15) is 4.83 Å². The highest BCUT2D eigenvalue weighted by atomic mass is 32.2. The third kappa shape index (κ3) is 3.54. The fraction of sp³-hybridized carbons (Fsp3) is 0.0741. The predicted octanol–water partition coefficient (Wildman–Crippen LogP) is 6.42. The van der Waals surface area contributed by atoms with Gasteiger partial charge in [0, 0.05) is 4.88 Å². The van der Waals surface area contributed by atoms with E-state index in [1.807, 2.05) is 19.9 Å². The van der Waals surface area contributed by atoms with Crippen LogP contribution in [0.15, 0.2) is 73.2 Å². The normalized spacial score (nSPS) is 13.3. The molecule has 1 N–H and O–H groups in total. The zero-order valence-electron chi connectivity index (χ0n) is 19.9. The second-order valence-electron chi connectivity index (χ2n) is 8.72. The van der Waals surface area contributed by atoms with E-state index in [4.69, 9.17) is 4.42 Å². The molecule has 2 amide bonds. The summed E-state index contributed by atoms with van der Waals surface area (Å²) in [6.45, 7) is 3.90. The number of anilines is 1. The second-order valence-corrected chi connectivity index (χ2v) is 12.2. The summed E-state index contributed by atoms with van der Waals surface area (Å²) in [7, 11) is 0. The monoisotopic (exact) mass is 556 g/mol. The maximum atomic E-state index is 12.9. The minimum absolute atomic E-state index is 0.183. The van der Waals surface area contributed by atoms with Crippen LogP contribution in [0.1, 0.15) is 31.2 Å². The Kier molecular flexibility index (Phi) is 5.15. The number of H-pyrrole nitrogens is 1. The van der Waals surface area contributed by atoms with Crippen LogP contribution in [0.2, 0.25) is 0 Å². The summed E-state index contributed by atoms with van der Waals surface area (Å²) < 4.78 is 7.56. The molecule has 1 aliphatic heterocycles. The largest absolute Gasteiger partial charge is 0.446 e. The molecule has 0 bridgehead atoms. The van der Waals surface area contributed by atoms with Gasteiger partial charge < -0.3 is 9.40 Å². The Hall–Kier alpha value is -4.06. The number of hydrogen-bond donors (Lipinski definition) is 1. The number of benzene rings is 2. The molecular formula is C27H16N4O4S3. The molecule has 0 saturated carbocycles. The van der Waals surface area contributed by atoms with Crippen molar-refractivity contribution in [2.24, 2.45) is 0 Å². The van der Waals surface area contributed by atoms with Gasteiger partial charge in [-0.1, -0.05) is 12.1 Å². The SMILES string of the molecule is Cc1sc2nc(-c3ccc(Sc4nc5ccc(N6C(=O)c7ccccc7C6=O)cc5s4)o3)[nH]c(=O)c2c1C. The van der Waals surface area contributed by atoms with Gasteiger partial charge in [-0.3, -0.25) is 14.4 Å². The number of carbonyl (C=O) groups is 2. The Bertz CT molecular complexity index is 1980. The molecule has 0 fully saturated rings. The van der Waals surface area contributed by atoms with Gasteiger partial charge in [-0.05, 0) is 73.6 Å². The molecule has 1 aliphatic rings. The number of furan rings is 1. The van der Waals surface area contributed by atoms with Crippen LogP contribution >= 0.6 is 34.4 Å². The summed E-state index contributed by atoms with van der Waals surface area (Å²) in [6, 6.07) is 15.8. The van der Waals surface area contributed by atoms with Crippen LogP contribution in [0.4, 0.5) is 5.69 Å². The molecule has 0 atom stereocenters. The van der Waals surface area contributed by atoms with Crippen molar-refractivity contribution in [2.45, 2.75) is 23.3 Å². The van der Waals surface area contributed by atoms with E-state index in [-0.39, 0.29) is 17.4 Å². The van der Waals surface area contributed by atoms with E-state index in [1.165, 1.54) is 39.3 Å². The number of imide groups is 1. The molecule has 186 valence electrons. The van der Waals surface area contributed by atoms with Crippen molar-refractivity contribution in [3.8, 4) is 11.6 Å². The van der Waals surface area contributed by atoms with E-state index in [1.54, 1.807) is 48.5 Å². The molecule has 8 nitrogen and oxygen atoms in total. The van der Waals surface area contributed by atoms with E-state index in [2.05, 4.69) is 15.0 Å². The Morgan fingerprint density at radius 3 is 2.45 bits per heavy atom. The number of thiazole rings is 1. The van der Waals surface area contributed by atoms with Crippen molar-refractivity contribution in [1.29, 1.82) is 0 Å². The molecule has 0 saturated heterocycles. The number of aromatic amines is 1. The molecule has 0 spiro atoms. The number of hydrogen-bond acceptors (Lipinski definition) is 9. The summed E-state index contributed by atoms with van der Waals surface area (Å²) in [5, 5.41) is 1.22. The van der Waals surface area contributed by atoms with Crippen molar-refractivity contribution in [1.82, 2.24) is 15.0 Å². The minimum Gasteiger partial charge on any atom is -0.446 e. The van der Waals surface area contributed by atoms with Crippen LogP contribution < -0.4 is 10.5 Å². The number of fused-ring (bicyclic) bond motifs is 3. The summed E-state index contributed by atoms with van der Waals surface area (Å²) in [4.78, 5) is 53.4. The number of rotatable bonds is 4. The summed E-state index contributed by atoms with van der Waals surface area (Å²) in [5.41, 5.74) is 2.84. The van der Waals surface area contributed by atoms with Crippen LogP contribution in [0, 0.1) is 13.8 Å². The number of amides is 2. The molecule has 0 unspecified atom stereocenters. The van der Waals surface area contributed by atoms with Gasteiger partial charge in [0.2, 0.25) is 0 Å². The summed E-state index contributed by atoms with van der Waals surface area (Å²) >= 11 is 4.27. The molecular weight excluding hydrogens is 541 g/mol. The van der Waals surface area contributed by atoms with Gasteiger partial charge in [-0.15, -0.1) is 22.7 Å². The molecule has 2 aromatic carbocycles. The van der Waals surface area contributed by atoms with Crippen LogP contribution in [0.25, 0.3) is 32.0 Å². The van der Waals surface area contributed by atoms with E-state index in [9.17, 15) is 14.4 Å². The fourth-order valence-electron chi connectivity index (χ4n) is 4.46. The zero-order chi connectivity index (χ0) is 26.1. The third-order valence-corrected chi connectivity index (χ3v) is 9.55. The van der Waals surface area contributed by atoms with Gasteiger partial charge >= 0.3 is 0 Å². The van der Waals surface area contributed by atoms with Crippen molar-refractivity contribution in [3.05, 3.63) is 86.5 Å². The van der Waals surface area contributed by atoms with Crippen molar-refractivity contribution in [2.75, 3.05) is 4.90 Å². The van der Waals surface area contributed by atoms with Crippen molar-refractivity contribution in [3.63, 3.8) is 0 Å². The maximum Gasteiger partial charge on any atom is 0.266 e. The highest BCUT2D eigenvalue weighted by Gasteiger charge is 2.36. The molecule has 0 aliphatic carbocycles. The number of carbonyl (C=O) groups excluding carboxylic acids is 2. The van der Waals surface area contributed by atoms with Gasteiger partial charge in [0.15, 0.2) is 21.0 Å². The summed E-state index contributed by atoms with van der Waals surface area (Å²) in [5.74, 6) is 0.185. The van der Waals surface area contributed by atoms with Crippen LogP contribution in [-0.4, -0.2) is 26.8 Å². The minimum atomic E-state index is -0.329. The Labute approximate surface area is 227 Å². The first-order valence-corrected chi connectivity index (χ1v) is 14.0. The average Bonchev–Trinajstić information content (AvgIpc) is 3.65. The maximum absolute atomic E-state index is 12.9. The zero-order valence-corrected chi connectivity index (χ0v) is 22.3. The number of aromatic nitrogens is 3. The van der Waals surface area contributed by atoms with Crippen molar-refractivity contribution < 1.29 is 14.0 Å². The van der Waals surface area contributed by atoms with Gasteiger partial charge in [-0.25, -0.2) is 14.9 Å². The first kappa shape index (κ1) is 23.1. The van der Waals surface area contributed by atoms with Crippen LogP contribution in [-0.2, 0) is 0 Å². The Balaban J connectivity index is 1.16. The Morgan fingerprint density at radius 2 is 1.68 bits per heavy atom. The summed E-state index contributed by atoms with van der Waals surface area (Å²) in [6.07, 6.45) is 0. The van der Waals surface area contributed by atoms with Gasteiger partial charge in [0.05, 0.1) is 32.4 Å². The molecule has 5 heterocycles. The topological polar surface area (TPSA) is 109 Å². The highest BCUT2D eigenvalue weighted by molar-refractivity contribution is 8.01. The number of nitrogens with zero attached hydrogens (tertiary/aromatic N) is 3. The molecule has 0 radical (unpaired) electrons. The van der Waals surface area contributed by atoms with Crippen LogP contribution in [0.5, 0.6) is 0 Å². The smallest absolute Gasteiger partial charge is 0.266 e. The Morgan fingerprint density at radius 1 is 0.921 bits per heavy atom. The standard InChI is InChI=1S/C27H16N4O4S3/c1-12-13(2)36-24-21(12)23(32)29-22(30-24)18-9-10-20(35-18)38-27-28-17-8-7-14(11-19(17)37-27)31-25(33)15-5-3-4-6-16(15)26(31)34/h3-11H,1-2H3,(H,29,30,32). The number of aryl methyl sites for hydroxylation is 2. The first-order chi connectivity index (χ1) is 18.4. The lowest BCUT2D eigenvalue weighted by atomic mass is 10.1.